The molecule has 0 fully saturated rings. The Labute approximate surface area is 109 Å². The zero-order chi connectivity index (χ0) is 13.8. The average Bonchev–Trinajstić information content (AvgIpc) is 2.37. The number of pyridine rings is 1. The summed E-state index contributed by atoms with van der Waals surface area (Å²) in [6, 6.07) is 11.2. The molecule has 1 unspecified atom stereocenters. The van der Waals surface area contributed by atoms with Gasteiger partial charge in [-0.25, -0.2) is 0 Å². The van der Waals surface area contributed by atoms with Crippen molar-refractivity contribution in [3.63, 3.8) is 0 Å². The maximum absolute atomic E-state index is 11.0. The molecule has 98 valence electrons. The summed E-state index contributed by atoms with van der Waals surface area (Å²) in [5.74, 6) is -3.54. The molecule has 0 saturated heterocycles. The van der Waals surface area contributed by atoms with Crippen molar-refractivity contribution in [1.29, 1.82) is 0 Å². The van der Waals surface area contributed by atoms with Crippen LogP contribution in [0.5, 0.6) is 0 Å². The summed E-state index contributed by atoms with van der Waals surface area (Å²) < 4.78 is 1.73. The zero-order valence-corrected chi connectivity index (χ0v) is 10.2. The molecule has 1 aromatic heterocycles. The van der Waals surface area contributed by atoms with E-state index < -0.39 is 24.3 Å². The van der Waals surface area contributed by atoms with Crippen molar-refractivity contribution in [3.05, 3.63) is 42.6 Å². The first-order valence-electron chi connectivity index (χ1n) is 5.88. The molecule has 19 heavy (non-hydrogen) atoms. The third-order valence-corrected chi connectivity index (χ3v) is 2.96. The third-order valence-electron chi connectivity index (χ3n) is 2.96. The summed E-state index contributed by atoms with van der Waals surface area (Å²) in [5, 5.41) is 20.7. The van der Waals surface area contributed by atoms with Crippen molar-refractivity contribution in [2.24, 2.45) is 5.92 Å². The molecular weight excluding hydrogens is 246 g/mol. The van der Waals surface area contributed by atoms with E-state index in [-0.39, 0.29) is 6.54 Å². The number of carbonyl (C=O) groups is 2. The van der Waals surface area contributed by atoms with Crippen LogP contribution in [-0.4, -0.2) is 17.0 Å². The number of carbonyl (C=O) groups excluding carboxylic acids is 1. The molecule has 0 aliphatic heterocycles. The summed E-state index contributed by atoms with van der Waals surface area (Å²) in [6.07, 6.45) is 1.29. The zero-order valence-electron chi connectivity index (χ0n) is 10.2. The van der Waals surface area contributed by atoms with Crippen LogP contribution in [-0.2, 0) is 16.1 Å². The number of para-hydroxylation sites is 1. The lowest BCUT2D eigenvalue weighted by atomic mass is 10.1. The fraction of sp³-hybridized carbons (Fsp3) is 0.214. The highest BCUT2D eigenvalue weighted by atomic mass is 16.4. The van der Waals surface area contributed by atoms with Crippen LogP contribution < -0.4 is 9.67 Å². The summed E-state index contributed by atoms with van der Waals surface area (Å²) in [6.45, 7) is 0.0794. The molecule has 0 bridgehead atoms. The minimum atomic E-state index is -1.34. The summed E-state index contributed by atoms with van der Waals surface area (Å²) in [7, 11) is 0. The molecule has 0 aliphatic rings. The van der Waals surface area contributed by atoms with Gasteiger partial charge in [-0.05, 0) is 12.1 Å². The van der Waals surface area contributed by atoms with E-state index in [1.54, 1.807) is 16.8 Å². The van der Waals surface area contributed by atoms with Gasteiger partial charge in [0.2, 0.25) is 5.52 Å². The number of carboxylic acid groups (broad SMARTS) is 2. The Bertz CT molecular complexity index is 618. The normalized spacial score (nSPS) is 12.2. The average molecular weight is 259 g/mol. The molecule has 0 aliphatic carbocycles. The van der Waals surface area contributed by atoms with Crippen LogP contribution in [0.3, 0.4) is 0 Å². The maximum Gasteiger partial charge on any atom is 0.304 e. The van der Waals surface area contributed by atoms with E-state index in [4.69, 9.17) is 5.11 Å². The Morgan fingerprint density at radius 2 is 1.89 bits per heavy atom. The Hall–Kier alpha value is -2.43. The van der Waals surface area contributed by atoms with Gasteiger partial charge in [0.25, 0.3) is 0 Å². The summed E-state index contributed by atoms with van der Waals surface area (Å²) in [5.41, 5.74) is 0.863. The molecule has 1 atom stereocenters. The van der Waals surface area contributed by atoms with Gasteiger partial charge < -0.3 is 15.0 Å². The smallest absolute Gasteiger partial charge is 0.304 e. The van der Waals surface area contributed by atoms with Gasteiger partial charge >= 0.3 is 5.97 Å². The monoisotopic (exact) mass is 259 g/mol. The highest BCUT2D eigenvalue weighted by Crippen LogP contribution is 2.10. The van der Waals surface area contributed by atoms with Crippen molar-refractivity contribution in [1.82, 2.24) is 0 Å². The van der Waals surface area contributed by atoms with E-state index in [2.05, 4.69) is 0 Å². The maximum atomic E-state index is 11.0. The lowest BCUT2D eigenvalue weighted by molar-refractivity contribution is -0.677. The molecule has 0 amide bonds. The summed E-state index contributed by atoms with van der Waals surface area (Å²) >= 11 is 0. The van der Waals surface area contributed by atoms with Crippen LogP contribution in [0.25, 0.3) is 10.9 Å². The van der Waals surface area contributed by atoms with Gasteiger partial charge in [0.05, 0.1) is 18.3 Å². The Kier molecular flexibility index (Phi) is 3.75. The number of rotatable bonds is 5. The van der Waals surface area contributed by atoms with E-state index in [0.717, 1.165) is 10.9 Å². The largest absolute Gasteiger partial charge is 0.550 e. The Morgan fingerprint density at radius 3 is 2.58 bits per heavy atom. The number of benzene rings is 1. The van der Waals surface area contributed by atoms with Crippen LogP contribution in [0.1, 0.15) is 6.42 Å². The van der Waals surface area contributed by atoms with E-state index in [0.29, 0.717) is 0 Å². The minimum absolute atomic E-state index is 0.0794. The van der Waals surface area contributed by atoms with Gasteiger partial charge in [-0.15, -0.1) is 0 Å². The first kappa shape index (κ1) is 13.0. The van der Waals surface area contributed by atoms with E-state index in [1.165, 1.54) is 0 Å². The standard InChI is InChI=1S/C14H13NO4/c16-13(17)8-11(14(18)19)9-15-7-3-5-10-4-1-2-6-12(10)15/h1-7,11H,8-9H2,(H-,16,17,18,19). The lowest BCUT2D eigenvalue weighted by Gasteiger charge is -2.13. The van der Waals surface area contributed by atoms with E-state index in [1.807, 2.05) is 30.3 Å². The number of fused-ring (bicyclic) bond motifs is 1. The van der Waals surface area contributed by atoms with Gasteiger partial charge in [0, 0.05) is 17.5 Å². The SMILES string of the molecule is O=C(O)CC(C[n+]1cccc2ccccc21)C(=O)[O-]. The number of nitrogens with zero attached hydrogens (tertiary/aromatic N) is 1. The highest BCUT2D eigenvalue weighted by molar-refractivity contribution is 5.77. The van der Waals surface area contributed by atoms with Crippen LogP contribution in [0.2, 0.25) is 0 Å². The van der Waals surface area contributed by atoms with Gasteiger partial charge in [0.1, 0.15) is 0 Å². The fourth-order valence-corrected chi connectivity index (χ4v) is 2.05. The molecule has 2 aromatic rings. The first-order valence-corrected chi connectivity index (χ1v) is 5.88. The van der Waals surface area contributed by atoms with Crippen molar-refractivity contribution in [2.45, 2.75) is 13.0 Å². The van der Waals surface area contributed by atoms with Gasteiger partial charge in [0.15, 0.2) is 12.7 Å². The van der Waals surface area contributed by atoms with Gasteiger partial charge in [-0.3, -0.25) is 4.79 Å². The number of carboxylic acids is 2. The van der Waals surface area contributed by atoms with Crippen LogP contribution in [0, 0.1) is 5.92 Å². The second-order valence-corrected chi connectivity index (χ2v) is 4.33. The second kappa shape index (κ2) is 5.48. The highest BCUT2D eigenvalue weighted by Gasteiger charge is 2.20. The molecule has 0 saturated carbocycles. The molecule has 2 rings (SSSR count). The number of hydrogen-bond donors (Lipinski definition) is 1. The van der Waals surface area contributed by atoms with Crippen LogP contribution >= 0.6 is 0 Å². The molecule has 1 aromatic carbocycles. The van der Waals surface area contributed by atoms with Crippen molar-refractivity contribution < 1.29 is 24.4 Å². The van der Waals surface area contributed by atoms with Gasteiger partial charge in [-0.1, -0.05) is 12.1 Å². The predicted molar refractivity (Wildman–Crippen MR) is 64.9 cm³/mol. The molecule has 0 radical (unpaired) electrons. The Morgan fingerprint density at radius 1 is 1.21 bits per heavy atom. The lowest BCUT2D eigenvalue weighted by Crippen LogP contribution is -2.45. The van der Waals surface area contributed by atoms with Crippen LogP contribution in [0.15, 0.2) is 42.6 Å². The van der Waals surface area contributed by atoms with E-state index in [9.17, 15) is 14.7 Å². The number of hydrogen-bond acceptors (Lipinski definition) is 3. The van der Waals surface area contributed by atoms with Crippen molar-refractivity contribution in [2.75, 3.05) is 0 Å². The van der Waals surface area contributed by atoms with Crippen molar-refractivity contribution in [3.8, 4) is 0 Å². The molecule has 5 heteroatoms. The topological polar surface area (TPSA) is 81.3 Å². The molecule has 0 spiro atoms. The molecule has 1 N–H and O–H groups in total. The fourth-order valence-electron chi connectivity index (χ4n) is 2.05. The van der Waals surface area contributed by atoms with Crippen LogP contribution in [0.4, 0.5) is 0 Å². The Balaban J connectivity index is 2.33. The number of aromatic nitrogens is 1. The summed E-state index contributed by atoms with van der Waals surface area (Å²) in [4.78, 5) is 21.7. The first-order chi connectivity index (χ1) is 9.08. The van der Waals surface area contributed by atoms with Gasteiger partial charge in [-0.2, -0.15) is 4.57 Å². The van der Waals surface area contributed by atoms with E-state index >= 15 is 0 Å². The third kappa shape index (κ3) is 3.07. The molecule has 5 nitrogen and oxygen atoms in total. The quantitative estimate of drug-likeness (QED) is 0.764. The second-order valence-electron chi connectivity index (χ2n) is 4.33. The minimum Gasteiger partial charge on any atom is -0.550 e. The molecule has 1 heterocycles. The predicted octanol–water partition coefficient (Wildman–Crippen LogP) is -0.0319. The number of aliphatic carboxylic acids is 2. The molecular formula is C14H13NO4. The van der Waals surface area contributed by atoms with Crippen molar-refractivity contribution >= 4 is 22.8 Å².